The van der Waals surface area contributed by atoms with Crippen molar-refractivity contribution in [1.82, 2.24) is 4.98 Å². The van der Waals surface area contributed by atoms with Gasteiger partial charge in [0, 0.05) is 16.8 Å². The van der Waals surface area contributed by atoms with Gasteiger partial charge in [0.1, 0.15) is 0 Å². The fraction of sp³-hybridized carbons (Fsp3) is 0.182. The lowest BCUT2D eigenvalue weighted by Crippen LogP contribution is -2.04. The summed E-state index contributed by atoms with van der Waals surface area (Å²) in [5.74, 6) is -0.0129. The first-order valence-corrected chi connectivity index (χ1v) is 7.48. The Morgan fingerprint density at radius 2 is 2.18 bits per heavy atom. The van der Waals surface area contributed by atoms with Crippen molar-refractivity contribution in [3.63, 3.8) is 0 Å². The van der Waals surface area contributed by atoms with E-state index in [4.69, 9.17) is 5.73 Å². The summed E-state index contributed by atoms with van der Waals surface area (Å²) in [6.45, 7) is 1.79. The summed E-state index contributed by atoms with van der Waals surface area (Å²) >= 11 is 1.34. The van der Waals surface area contributed by atoms with E-state index < -0.39 is 9.84 Å². The molecule has 0 atom stereocenters. The highest BCUT2D eigenvalue weighted by Gasteiger charge is 2.16. The van der Waals surface area contributed by atoms with Crippen molar-refractivity contribution in [3.05, 3.63) is 40.3 Å². The monoisotopic (exact) mass is 268 g/mol. The van der Waals surface area contributed by atoms with Crippen LogP contribution in [-0.2, 0) is 15.6 Å². The van der Waals surface area contributed by atoms with Crippen LogP contribution in [0, 0.1) is 6.92 Å². The second kappa shape index (κ2) is 4.46. The van der Waals surface area contributed by atoms with Gasteiger partial charge in [-0.3, -0.25) is 4.98 Å². The van der Waals surface area contributed by atoms with Gasteiger partial charge in [0.25, 0.3) is 0 Å². The molecule has 17 heavy (non-hydrogen) atoms. The number of benzene rings is 1. The third kappa shape index (κ3) is 2.65. The second-order valence-electron chi connectivity index (χ2n) is 3.75. The number of hydrogen-bond acceptors (Lipinski definition) is 5. The Labute approximate surface area is 104 Å². The molecule has 0 radical (unpaired) electrons. The second-order valence-corrected chi connectivity index (χ2v) is 6.71. The third-order valence-electron chi connectivity index (χ3n) is 2.42. The number of rotatable bonds is 3. The SMILES string of the molecule is Cc1cc(S(=O)(=O)Cc2cncs2)ccc1N. The van der Waals surface area contributed by atoms with E-state index in [1.54, 1.807) is 36.8 Å². The van der Waals surface area contributed by atoms with Gasteiger partial charge >= 0.3 is 0 Å². The molecule has 0 bridgehead atoms. The summed E-state index contributed by atoms with van der Waals surface area (Å²) in [5.41, 5.74) is 8.66. The van der Waals surface area contributed by atoms with Crippen molar-refractivity contribution in [2.75, 3.05) is 5.73 Å². The minimum atomic E-state index is -3.31. The standard InChI is InChI=1S/C11H12N2O2S2/c1-8-4-10(2-3-11(8)12)17(14,15)6-9-5-13-7-16-9/h2-5,7H,6,12H2,1H3. The molecule has 90 valence electrons. The minimum absolute atomic E-state index is 0.0129. The number of nitrogens with two attached hydrogens (primary N) is 1. The summed E-state index contributed by atoms with van der Waals surface area (Å²) in [5, 5.41) is 0. The quantitative estimate of drug-likeness (QED) is 0.864. The lowest BCUT2D eigenvalue weighted by atomic mass is 10.2. The third-order valence-corrected chi connectivity index (χ3v) is 5.04. The zero-order chi connectivity index (χ0) is 12.5. The van der Waals surface area contributed by atoms with Gasteiger partial charge in [0.2, 0.25) is 0 Å². The van der Waals surface area contributed by atoms with Gasteiger partial charge in [0.15, 0.2) is 9.84 Å². The molecule has 2 aromatic rings. The number of hydrogen-bond donors (Lipinski definition) is 1. The van der Waals surface area contributed by atoms with Gasteiger partial charge in [-0.25, -0.2) is 8.42 Å². The van der Waals surface area contributed by atoms with Crippen LogP contribution in [0.25, 0.3) is 0 Å². The topological polar surface area (TPSA) is 73.0 Å². The predicted octanol–water partition coefficient (Wildman–Crippen LogP) is 2.01. The number of aromatic nitrogens is 1. The maximum atomic E-state index is 12.1. The molecule has 0 aliphatic rings. The molecule has 1 aromatic carbocycles. The van der Waals surface area contributed by atoms with Gasteiger partial charge in [0.05, 0.1) is 16.2 Å². The van der Waals surface area contributed by atoms with Crippen LogP contribution in [0.4, 0.5) is 5.69 Å². The molecular weight excluding hydrogens is 256 g/mol. The van der Waals surface area contributed by atoms with E-state index >= 15 is 0 Å². The fourth-order valence-electron chi connectivity index (χ4n) is 1.43. The van der Waals surface area contributed by atoms with E-state index in [-0.39, 0.29) is 5.75 Å². The van der Waals surface area contributed by atoms with Crippen molar-refractivity contribution >= 4 is 26.9 Å². The van der Waals surface area contributed by atoms with Crippen LogP contribution in [0.5, 0.6) is 0 Å². The molecular formula is C11H12N2O2S2. The summed E-state index contributed by atoms with van der Waals surface area (Å²) in [6, 6.07) is 4.76. The van der Waals surface area contributed by atoms with Crippen LogP contribution >= 0.6 is 11.3 Å². The molecule has 2 rings (SSSR count). The predicted molar refractivity (Wildman–Crippen MR) is 68.6 cm³/mol. The van der Waals surface area contributed by atoms with Crippen LogP contribution in [0.2, 0.25) is 0 Å². The fourth-order valence-corrected chi connectivity index (χ4v) is 3.79. The summed E-state index contributed by atoms with van der Waals surface area (Å²) in [6.07, 6.45) is 1.58. The summed E-state index contributed by atoms with van der Waals surface area (Å²) in [4.78, 5) is 4.90. The van der Waals surface area contributed by atoms with E-state index in [0.29, 0.717) is 10.6 Å². The van der Waals surface area contributed by atoms with Crippen molar-refractivity contribution in [3.8, 4) is 0 Å². The molecule has 0 unspecified atom stereocenters. The highest BCUT2D eigenvalue weighted by Crippen LogP contribution is 2.21. The molecule has 0 amide bonds. The number of nitrogen functional groups attached to an aromatic ring is 1. The highest BCUT2D eigenvalue weighted by molar-refractivity contribution is 7.90. The normalized spacial score (nSPS) is 11.6. The van der Waals surface area contributed by atoms with E-state index in [2.05, 4.69) is 4.98 Å². The van der Waals surface area contributed by atoms with Crippen LogP contribution in [0.1, 0.15) is 10.4 Å². The van der Waals surface area contributed by atoms with E-state index in [9.17, 15) is 8.42 Å². The van der Waals surface area contributed by atoms with Crippen molar-refractivity contribution in [1.29, 1.82) is 0 Å². The first kappa shape index (κ1) is 12.1. The molecule has 0 saturated carbocycles. The Morgan fingerprint density at radius 1 is 1.41 bits per heavy atom. The van der Waals surface area contributed by atoms with E-state index in [1.165, 1.54) is 11.3 Å². The average molecular weight is 268 g/mol. The molecule has 2 N–H and O–H groups in total. The molecule has 6 heteroatoms. The Kier molecular flexibility index (Phi) is 3.17. The Morgan fingerprint density at radius 3 is 2.76 bits per heavy atom. The molecule has 0 saturated heterocycles. The smallest absolute Gasteiger partial charge is 0.183 e. The number of anilines is 1. The van der Waals surface area contributed by atoms with Gasteiger partial charge in [-0.15, -0.1) is 11.3 Å². The summed E-state index contributed by atoms with van der Waals surface area (Å²) in [7, 11) is -3.31. The van der Waals surface area contributed by atoms with Crippen LogP contribution in [0.15, 0.2) is 34.8 Å². The van der Waals surface area contributed by atoms with E-state index in [0.717, 1.165) is 10.4 Å². The van der Waals surface area contributed by atoms with Crippen molar-refractivity contribution in [2.24, 2.45) is 0 Å². The summed E-state index contributed by atoms with van der Waals surface area (Å²) < 4.78 is 24.2. The first-order valence-electron chi connectivity index (χ1n) is 4.95. The number of thiazole rings is 1. The van der Waals surface area contributed by atoms with Gasteiger partial charge in [-0.2, -0.15) is 0 Å². The lowest BCUT2D eigenvalue weighted by molar-refractivity contribution is 0.595. The van der Waals surface area contributed by atoms with Crippen LogP contribution in [0.3, 0.4) is 0 Å². The molecule has 1 aromatic heterocycles. The molecule has 0 spiro atoms. The number of aryl methyl sites for hydroxylation is 1. The maximum Gasteiger partial charge on any atom is 0.183 e. The molecule has 0 aliphatic carbocycles. The zero-order valence-electron chi connectivity index (χ0n) is 9.25. The van der Waals surface area contributed by atoms with Gasteiger partial charge in [-0.1, -0.05) is 0 Å². The van der Waals surface area contributed by atoms with Crippen molar-refractivity contribution in [2.45, 2.75) is 17.6 Å². The van der Waals surface area contributed by atoms with Gasteiger partial charge < -0.3 is 5.73 Å². The first-order chi connectivity index (χ1) is 7.99. The molecule has 1 heterocycles. The average Bonchev–Trinajstić information content (AvgIpc) is 2.73. The maximum absolute atomic E-state index is 12.1. The highest BCUT2D eigenvalue weighted by atomic mass is 32.2. The number of nitrogens with zero attached hydrogens (tertiary/aromatic N) is 1. The zero-order valence-corrected chi connectivity index (χ0v) is 10.9. The van der Waals surface area contributed by atoms with Crippen LogP contribution < -0.4 is 5.73 Å². The number of sulfone groups is 1. The minimum Gasteiger partial charge on any atom is -0.399 e. The van der Waals surface area contributed by atoms with E-state index in [1.807, 2.05) is 0 Å². The molecule has 0 fully saturated rings. The van der Waals surface area contributed by atoms with Crippen molar-refractivity contribution < 1.29 is 8.42 Å². The molecule has 0 aliphatic heterocycles. The Balaban J connectivity index is 2.35. The molecule has 4 nitrogen and oxygen atoms in total. The van der Waals surface area contributed by atoms with Crippen LogP contribution in [-0.4, -0.2) is 13.4 Å². The largest absolute Gasteiger partial charge is 0.399 e. The van der Waals surface area contributed by atoms with Gasteiger partial charge in [-0.05, 0) is 30.7 Å². The Bertz CT molecular complexity index is 619. The lowest BCUT2D eigenvalue weighted by Gasteiger charge is -2.05. The Hall–Kier alpha value is -1.40.